The summed E-state index contributed by atoms with van der Waals surface area (Å²) in [6.45, 7) is 16.0. The van der Waals surface area contributed by atoms with Crippen LogP contribution in [0.15, 0.2) is 60.2 Å². The normalized spacial score (nSPS) is 17.6. The van der Waals surface area contributed by atoms with Crippen LogP contribution in [-0.2, 0) is 29.1 Å². The van der Waals surface area contributed by atoms with Crippen LogP contribution in [-0.4, -0.2) is 109 Å². The lowest BCUT2D eigenvalue weighted by atomic mass is 9.97. The number of pyridine rings is 1. The fraction of sp³-hybridized carbons (Fsp3) is 0.553. The third-order valence-electron chi connectivity index (χ3n) is 8.92. The average molecular weight is 722 g/mol. The number of nitrogens with one attached hydrogen (secondary N) is 2. The number of hydrogen-bond donors (Lipinski definition) is 4. The molecule has 12 nitrogen and oxygen atoms in total. The third-order valence-corrected chi connectivity index (χ3v) is 10.1. The van der Waals surface area contributed by atoms with Crippen molar-refractivity contribution in [3.8, 4) is 0 Å². The van der Waals surface area contributed by atoms with Gasteiger partial charge in [0.25, 0.3) is 0 Å². The number of carbonyl (C=O) groups is 3. The number of nitrogens with zero attached hydrogens (tertiary/aromatic N) is 5. The largest absolute Gasteiger partial charge is 0.465 e. The highest BCUT2D eigenvalue weighted by Gasteiger charge is 2.38. The lowest BCUT2D eigenvalue weighted by Gasteiger charge is -2.43. The number of aliphatic hydroxyl groups excluding tert-OH is 1. The van der Waals surface area contributed by atoms with Crippen molar-refractivity contribution in [1.82, 2.24) is 35.3 Å². The van der Waals surface area contributed by atoms with E-state index in [0.29, 0.717) is 38.3 Å². The molecule has 0 spiro atoms. The summed E-state index contributed by atoms with van der Waals surface area (Å²) in [6.07, 6.45) is 1.54. The van der Waals surface area contributed by atoms with Crippen LogP contribution in [0.1, 0.15) is 76.2 Å². The zero-order chi connectivity index (χ0) is 37.3. The number of amides is 3. The smallest absolute Gasteiger partial charge is 0.408 e. The molecule has 3 heterocycles. The maximum absolute atomic E-state index is 14.1. The second kappa shape index (κ2) is 18.0. The van der Waals surface area contributed by atoms with Crippen molar-refractivity contribution < 1.29 is 24.6 Å². The van der Waals surface area contributed by atoms with Gasteiger partial charge in [-0.2, -0.15) is 0 Å². The van der Waals surface area contributed by atoms with Gasteiger partial charge in [-0.1, -0.05) is 58.0 Å². The Bertz CT molecular complexity index is 1560. The molecular formula is C38H55N7O5S. The van der Waals surface area contributed by atoms with E-state index in [4.69, 9.17) is 0 Å². The molecule has 3 amide bonds. The molecule has 1 aliphatic rings. The lowest BCUT2D eigenvalue weighted by molar-refractivity contribution is -0.133. The molecule has 0 unspecified atom stereocenters. The molecular weight excluding hydrogens is 667 g/mol. The Labute approximate surface area is 306 Å². The maximum atomic E-state index is 14.1. The van der Waals surface area contributed by atoms with Crippen molar-refractivity contribution in [2.45, 2.75) is 104 Å². The molecule has 2 aromatic heterocycles. The summed E-state index contributed by atoms with van der Waals surface area (Å²) in [7, 11) is 0. The highest BCUT2D eigenvalue weighted by Crippen LogP contribution is 2.23. The highest BCUT2D eigenvalue weighted by molar-refractivity contribution is 7.09. The Morgan fingerprint density at radius 1 is 1.02 bits per heavy atom. The van der Waals surface area contributed by atoms with Crippen molar-refractivity contribution in [2.24, 2.45) is 5.92 Å². The third kappa shape index (κ3) is 11.8. The van der Waals surface area contributed by atoms with Crippen molar-refractivity contribution >= 4 is 29.2 Å². The molecule has 0 radical (unpaired) electrons. The molecule has 0 saturated carbocycles. The van der Waals surface area contributed by atoms with E-state index in [0.717, 1.165) is 21.0 Å². The summed E-state index contributed by atoms with van der Waals surface area (Å²) >= 11 is 1.47. The van der Waals surface area contributed by atoms with E-state index in [2.05, 4.69) is 25.5 Å². The van der Waals surface area contributed by atoms with Gasteiger partial charge in [0.05, 0.1) is 29.4 Å². The first-order valence-electron chi connectivity index (χ1n) is 17.7. The minimum Gasteiger partial charge on any atom is -0.465 e. The molecule has 4 rings (SSSR count). The summed E-state index contributed by atoms with van der Waals surface area (Å²) in [4.78, 5) is 54.6. The zero-order valence-corrected chi connectivity index (χ0v) is 31.8. The quantitative estimate of drug-likeness (QED) is 0.180. The van der Waals surface area contributed by atoms with Gasteiger partial charge < -0.3 is 20.8 Å². The maximum Gasteiger partial charge on any atom is 0.408 e. The predicted octanol–water partition coefficient (Wildman–Crippen LogP) is 4.36. The molecule has 51 heavy (non-hydrogen) atoms. The molecule has 0 aliphatic carbocycles. The van der Waals surface area contributed by atoms with Crippen LogP contribution in [0.25, 0.3) is 0 Å². The number of aliphatic hydroxyl groups is 1. The molecule has 1 aliphatic heterocycles. The van der Waals surface area contributed by atoms with Crippen LogP contribution < -0.4 is 10.6 Å². The summed E-state index contributed by atoms with van der Waals surface area (Å²) in [6, 6.07) is 11.2. The number of carbonyl (C=O) groups excluding carboxylic acids is 2. The Morgan fingerprint density at radius 2 is 1.71 bits per heavy atom. The van der Waals surface area contributed by atoms with Gasteiger partial charge in [0.1, 0.15) is 12.1 Å². The first-order chi connectivity index (χ1) is 24.1. The van der Waals surface area contributed by atoms with Crippen LogP contribution in [0.2, 0.25) is 0 Å². The molecule has 4 N–H and O–H groups in total. The first kappa shape index (κ1) is 39.9. The molecule has 3 aromatic rings. The monoisotopic (exact) mass is 721 g/mol. The van der Waals surface area contributed by atoms with Crippen LogP contribution in [0.3, 0.4) is 0 Å². The fourth-order valence-corrected chi connectivity index (χ4v) is 7.22. The van der Waals surface area contributed by atoms with E-state index in [-0.39, 0.29) is 30.8 Å². The average Bonchev–Trinajstić information content (AvgIpc) is 3.54. The highest BCUT2D eigenvalue weighted by atomic mass is 32.1. The van der Waals surface area contributed by atoms with Gasteiger partial charge in [0.2, 0.25) is 11.8 Å². The van der Waals surface area contributed by atoms with Crippen LogP contribution in [0.5, 0.6) is 0 Å². The van der Waals surface area contributed by atoms with Gasteiger partial charge in [0, 0.05) is 62.0 Å². The van der Waals surface area contributed by atoms with Gasteiger partial charge in [0.15, 0.2) is 0 Å². The van der Waals surface area contributed by atoms with Gasteiger partial charge >= 0.3 is 6.09 Å². The second-order valence-corrected chi connectivity index (χ2v) is 16.0. The number of rotatable bonds is 15. The second-order valence-electron chi connectivity index (χ2n) is 15.1. The Hall–Kier alpha value is -3.91. The lowest BCUT2D eigenvalue weighted by Crippen LogP contribution is -2.63. The summed E-state index contributed by atoms with van der Waals surface area (Å²) in [5, 5.41) is 31.1. The summed E-state index contributed by atoms with van der Waals surface area (Å²) in [5.74, 6) is -0.777. The van der Waals surface area contributed by atoms with Gasteiger partial charge in [-0.3, -0.25) is 29.3 Å². The standard InChI is InChI=1S/C38H55N7O5S/c1-25(2)33(45(37(49)50)21-29-24-51-36(40-29)26(3)4)35(48)41-30(19-27-11-9-8-10-12-27)32(46)23-44-18-17-43(20-28-13-15-39-16-14-28)22-31(44)34(47)42-38(5,6)7/h8-16,24-26,30-33,46H,17-23H2,1-7H3,(H,41,48)(H,42,47)(H,49,50)/t30-,31-,32-,33-/m0/s1. The van der Waals surface area contributed by atoms with Crippen molar-refractivity contribution in [3.63, 3.8) is 0 Å². The van der Waals surface area contributed by atoms with Crippen molar-refractivity contribution in [2.75, 3.05) is 26.2 Å². The Morgan fingerprint density at radius 3 is 2.29 bits per heavy atom. The van der Waals surface area contributed by atoms with Gasteiger partial charge in [-0.25, -0.2) is 9.78 Å². The van der Waals surface area contributed by atoms with E-state index in [1.807, 2.05) is 101 Å². The van der Waals surface area contributed by atoms with Crippen LogP contribution in [0.4, 0.5) is 4.79 Å². The van der Waals surface area contributed by atoms with E-state index >= 15 is 0 Å². The van der Waals surface area contributed by atoms with Crippen molar-refractivity contribution in [3.05, 3.63) is 82.1 Å². The minimum absolute atomic E-state index is 0.0327. The van der Waals surface area contributed by atoms with E-state index < -0.39 is 41.8 Å². The number of aromatic nitrogens is 2. The number of carboxylic acid groups (broad SMARTS) is 1. The van der Waals surface area contributed by atoms with Gasteiger partial charge in [-0.05, 0) is 56.4 Å². The Balaban J connectivity index is 1.56. The molecule has 4 atom stereocenters. The van der Waals surface area contributed by atoms with Crippen LogP contribution in [0, 0.1) is 5.92 Å². The molecule has 1 fully saturated rings. The van der Waals surface area contributed by atoms with Crippen LogP contribution >= 0.6 is 11.3 Å². The summed E-state index contributed by atoms with van der Waals surface area (Å²) < 4.78 is 0. The number of benzene rings is 1. The van der Waals surface area contributed by atoms with E-state index in [9.17, 15) is 24.6 Å². The molecule has 0 bridgehead atoms. The summed E-state index contributed by atoms with van der Waals surface area (Å²) in [5.41, 5.74) is 2.15. The topological polar surface area (TPSA) is 151 Å². The predicted molar refractivity (Wildman–Crippen MR) is 199 cm³/mol. The van der Waals surface area contributed by atoms with Gasteiger partial charge in [-0.15, -0.1) is 11.3 Å². The fourth-order valence-electron chi connectivity index (χ4n) is 6.40. The molecule has 1 aromatic carbocycles. The minimum atomic E-state index is -1.22. The molecule has 13 heteroatoms. The SMILES string of the molecule is CC(C)c1nc(CN(C(=O)O)[C@H](C(=O)N[C@@H](Cc2ccccc2)[C@@H](O)CN2CCN(Cc3ccncc3)C[C@H]2C(=O)NC(C)(C)C)C(C)C)cs1. The Kier molecular flexibility index (Phi) is 14.1. The molecule has 278 valence electrons. The number of thiazole rings is 1. The number of piperazine rings is 1. The van der Waals surface area contributed by atoms with E-state index in [1.165, 1.54) is 11.3 Å². The number of β-amino-alcohol motifs (C(OH)–C–C–N with tert-alkyl or cyclic N) is 1. The number of hydrogen-bond acceptors (Lipinski definition) is 9. The first-order valence-corrected chi connectivity index (χ1v) is 18.6. The van der Waals surface area contributed by atoms with Crippen molar-refractivity contribution in [1.29, 1.82) is 0 Å². The zero-order valence-electron chi connectivity index (χ0n) is 31.0. The molecule has 1 saturated heterocycles. The van der Waals surface area contributed by atoms with E-state index in [1.54, 1.807) is 12.4 Å².